The quantitative estimate of drug-likeness (QED) is 0.665. The highest BCUT2D eigenvalue weighted by Gasteiger charge is 2.35. The number of fused-ring (bicyclic) bond motifs is 1. The zero-order valence-electron chi connectivity index (χ0n) is 10.8. The maximum absolute atomic E-state index is 2.33. The molecular formula is C16H24. The number of hydrogen-bond acceptors (Lipinski definition) is 0. The summed E-state index contributed by atoms with van der Waals surface area (Å²) in [5.74, 6) is 0. The Kier molecular flexibility index (Phi) is 3.68. The molecule has 1 aliphatic rings. The fourth-order valence-corrected chi connectivity index (χ4v) is 3.33. The first-order valence-electron chi connectivity index (χ1n) is 6.86. The minimum atomic E-state index is 0.606. The van der Waals surface area contributed by atoms with Crippen molar-refractivity contribution in [2.45, 2.75) is 58.8 Å². The number of rotatable bonds is 5. The molecule has 0 amide bonds. The molecule has 1 aromatic carbocycles. The van der Waals surface area contributed by atoms with Gasteiger partial charge in [-0.15, -0.1) is 0 Å². The van der Waals surface area contributed by atoms with Crippen LogP contribution in [0.25, 0.3) is 0 Å². The predicted molar refractivity (Wildman–Crippen MR) is 70.7 cm³/mol. The predicted octanol–water partition coefficient (Wildman–Crippen LogP) is 4.76. The zero-order chi connectivity index (χ0) is 11.4. The van der Waals surface area contributed by atoms with Gasteiger partial charge in [-0.05, 0) is 42.2 Å². The molecule has 1 aromatic rings. The molecule has 16 heavy (non-hydrogen) atoms. The monoisotopic (exact) mass is 216 g/mol. The molecule has 0 saturated carbocycles. The fraction of sp³-hybridized carbons (Fsp3) is 0.625. The fourth-order valence-electron chi connectivity index (χ4n) is 3.33. The summed E-state index contributed by atoms with van der Waals surface area (Å²) in [5, 5.41) is 0. The van der Waals surface area contributed by atoms with Crippen molar-refractivity contribution in [2.75, 3.05) is 0 Å². The van der Waals surface area contributed by atoms with Gasteiger partial charge in [-0.3, -0.25) is 0 Å². The van der Waals surface area contributed by atoms with E-state index in [1.165, 1.54) is 44.9 Å². The molecule has 2 rings (SSSR count). The summed E-state index contributed by atoms with van der Waals surface area (Å²) in [6.07, 6.45) is 9.55. The minimum Gasteiger partial charge on any atom is -0.0654 e. The molecule has 0 bridgehead atoms. The van der Waals surface area contributed by atoms with Gasteiger partial charge >= 0.3 is 0 Å². The number of unbranched alkanes of at least 4 members (excludes halogenated alkanes) is 1. The third kappa shape index (κ3) is 2.31. The van der Waals surface area contributed by atoms with Gasteiger partial charge in [-0.2, -0.15) is 0 Å². The number of benzene rings is 1. The average Bonchev–Trinajstić information content (AvgIpc) is 2.65. The molecule has 0 N–H and O–H groups in total. The first-order chi connectivity index (χ1) is 7.79. The maximum Gasteiger partial charge on any atom is -0.0216 e. The van der Waals surface area contributed by atoms with Crippen molar-refractivity contribution in [1.82, 2.24) is 0 Å². The van der Waals surface area contributed by atoms with E-state index in [0.717, 1.165) is 0 Å². The topological polar surface area (TPSA) is 0 Å². The number of hydrogen-bond donors (Lipinski definition) is 0. The normalized spacial score (nSPS) is 17.4. The molecule has 0 unspecified atom stereocenters. The highest BCUT2D eigenvalue weighted by Crippen LogP contribution is 2.44. The maximum atomic E-state index is 2.33. The van der Waals surface area contributed by atoms with Gasteiger partial charge in [-0.1, -0.05) is 57.4 Å². The van der Waals surface area contributed by atoms with Crippen molar-refractivity contribution >= 4 is 0 Å². The van der Waals surface area contributed by atoms with Crippen molar-refractivity contribution in [3.05, 3.63) is 35.4 Å². The largest absolute Gasteiger partial charge is 0.0654 e. The lowest BCUT2D eigenvalue weighted by atomic mass is 9.76. The van der Waals surface area contributed by atoms with Gasteiger partial charge in [0.2, 0.25) is 0 Å². The Morgan fingerprint density at radius 3 is 2.06 bits per heavy atom. The zero-order valence-corrected chi connectivity index (χ0v) is 10.8. The minimum absolute atomic E-state index is 0.606. The van der Waals surface area contributed by atoms with Gasteiger partial charge in [-0.25, -0.2) is 0 Å². The van der Waals surface area contributed by atoms with Crippen LogP contribution in [0.1, 0.15) is 57.1 Å². The third-order valence-electron chi connectivity index (χ3n) is 4.09. The van der Waals surface area contributed by atoms with E-state index in [4.69, 9.17) is 0 Å². The molecule has 0 radical (unpaired) electrons. The van der Waals surface area contributed by atoms with Crippen LogP contribution in [-0.4, -0.2) is 0 Å². The van der Waals surface area contributed by atoms with Crippen molar-refractivity contribution in [3.8, 4) is 0 Å². The molecule has 0 saturated heterocycles. The Bertz CT molecular complexity index is 313. The summed E-state index contributed by atoms with van der Waals surface area (Å²) in [6.45, 7) is 4.64. The Labute approximate surface area is 100 Å². The van der Waals surface area contributed by atoms with E-state index < -0.39 is 0 Å². The van der Waals surface area contributed by atoms with Crippen LogP contribution in [0, 0.1) is 5.41 Å². The van der Waals surface area contributed by atoms with Crippen LogP contribution in [-0.2, 0) is 12.8 Å². The third-order valence-corrected chi connectivity index (χ3v) is 4.09. The SMILES string of the molecule is CCCCC1(CCC)Cc2ccccc2C1. The van der Waals surface area contributed by atoms with E-state index in [0.29, 0.717) is 5.41 Å². The van der Waals surface area contributed by atoms with Gasteiger partial charge in [0.05, 0.1) is 0 Å². The van der Waals surface area contributed by atoms with E-state index in [9.17, 15) is 0 Å². The molecule has 0 spiro atoms. The van der Waals surface area contributed by atoms with Crippen LogP contribution in [0.5, 0.6) is 0 Å². The smallest absolute Gasteiger partial charge is 0.0216 e. The second kappa shape index (κ2) is 5.03. The summed E-state index contributed by atoms with van der Waals surface area (Å²) in [6, 6.07) is 9.05. The van der Waals surface area contributed by atoms with E-state index in [2.05, 4.69) is 38.1 Å². The Hall–Kier alpha value is -0.780. The second-order valence-corrected chi connectivity index (χ2v) is 5.48. The average molecular weight is 216 g/mol. The van der Waals surface area contributed by atoms with Gasteiger partial charge in [0.1, 0.15) is 0 Å². The summed E-state index contributed by atoms with van der Waals surface area (Å²) < 4.78 is 0. The molecular weight excluding hydrogens is 192 g/mol. The van der Waals surface area contributed by atoms with Crippen molar-refractivity contribution in [2.24, 2.45) is 5.41 Å². The standard InChI is InChI=1S/C16H24/c1-3-5-11-16(10-4-2)12-14-8-6-7-9-15(14)13-16/h6-9H,3-5,10-13H2,1-2H3. The first-order valence-corrected chi connectivity index (χ1v) is 6.86. The van der Waals surface area contributed by atoms with Gasteiger partial charge in [0.25, 0.3) is 0 Å². The lowest BCUT2D eigenvalue weighted by molar-refractivity contribution is 0.245. The van der Waals surface area contributed by atoms with E-state index in [-0.39, 0.29) is 0 Å². The summed E-state index contributed by atoms with van der Waals surface area (Å²) in [5.41, 5.74) is 3.84. The van der Waals surface area contributed by atoms with E-state index in [1.807, 2.05) is 0 Å². The molecule has 0 fully saturated rings. The summed E-state index contributed by atoms with van der Waals surface area (Å²) in [4.78, 5) is 0. The summed E-state index contributed by atoms with van der Waals surface area (Å²) >= 11 is 0. The molecule has 0 aliphatic heterocycles. The first kappa shape index (κ1) is 11.7. The Morgan fingerprint density at radius 2 is 1.56 bits per heavy atom. The van der Waals surface area contributed by atoms with Crippen LogP contribution < -0.4 is 0 Å². The van der Waals surface area contributed by atoms with Gasteiger partial charge < -0.3 is 0 Å². The Balaban J connectivity index is 2.13. The molecule has 1 aliphatic carbocycles. The lowest BCUT2D eigenvalue weighted by Gasteiger charge is -2.28. The lowest BCUT2D eigenvalue weighted by Crippen LogP contribution is -2.21. The second-order valence-electron chi connectivity index (χ2n) is 5.48. The van der Waals surface area contributed by atoms with E-state index >= 15 is 0 Å². The molecule has 0 atom stereocenters. The molecule has 0 nitrogen and oxygen atoms in total. The van der Waals surface area contributed by atoms with Gasteiger partial charge in [0.15, 0.2) is 0 Å². The Morgan fingerprint density at radius 1 is 0.938 bits per heavy atom. The highest BCUT2D eigenvalue weighted by molar-refractivity contribution is 5.34. The van der Waals surface area contributed by atoms with Crippen LogP contribution in [0.4, 0.5) is 0 Å². The molecule has 0 aromatic heterocycles. The van der Waals surface area contributed by atoms with E-state index in [1.54, 1.807) is 11.1 Å². The highest BCUT2D eigenvalue weighted by atomic mass is 14.4. The van der Waals surface area contributed by atoms with Crippen LogP contribution in [0.2, 0.25) is 0 Å². The van der Waals surface area contributed by atoms with Crippen LogP contribution in [0.3, 0.4) is 0 Å². The van der Waals surface area contributed by atoms with Crippen LogP contribution in [0.15, 0.2) is 24.3 Å². The van der Waals surface area contributed by atoms with Crippen molar-refractivity contribution in [1.29, 1.82) is 0 Å². The molecule has 88 valence electrons. The summed E-state index contributed by atoms with van der Waals surface area (Å²) in [7, 11) is 0. The van der Waals surface area contributed by atoms with Crippen molar-refractivity contribution < 1.29 is 0 Å². The van der Waals surface area contributed by atoms with Crippen LogP contribution >= 0.6 is 0 Å². The molecule has 0 heteroatoms. The van der Waals surface area contributed by atoms with Crippen molar-refractivity contribution in [3.63, 3.8) is 0 Å². The molecule has 0 heterocycles. The van der Waals surface area contributed by atoms with Gasteiger partial charge in [0, 0.05) is 0 Å².